The van der Waals surface area contributed by atoms with E-state index in [0.717, 1.165) is 17.2 Å². The Bertz CT molecular complexity index is 1110. The van der Waals surface area contributed by atoms with E-state index in [1.165, 1.54) is 0 Å². The molecule has 0 aliphatic carbocycles. The first-order chi connectivity index (χ1) is 16.1. The largest absolute Gasteiger partial charge is 0.486 e. The summed E-state index contributed by atoms with van der Waals surface area (Å²) in [5, 5.41) is 14.7. The van der Waals surface area contributed by atoms with Gasteiger partial charge in [-0.15, -0.1) is 10.2 Å². The van der Waals surface area contributed by atoms with E-state index in [1.807, 2.05) is 43.3 Å². The number of carbonyl (C=O) groups excluding carboxylic acids is 1. The predicted molar refractivity (Wildman–Crippen MR) is 125 cm³/mol. The Morgan fingerprint density at radius 3 is 2.42 bits per heavy atom. The molecule has 0 atom stereocenters. The van der Waals surface area contributed by atoms with E-state index >= 15 is 0 Å². The molecular formula is C23H25N7O3. The highest BCUT2D eigenvalue weighted by Gasteiger charge is 2.23. The minimum atomic E-state index is -0.137. The number of piperazine rings is 1. The molecule has 2 aromatic heterocycles. The second-order valence-electron chi connectivity index (χ2n) is 7.89. The molecule has 170 valence electrons. The fourth-order valence-electron chi connectivity index (χ4n) is 3.70. The highest BCUT2D eigenvalue weighted by Crippen LogP contribution is 2.32. The van der Waals surface area contributed by atoms with Crippen molar-refractivity contribution in [1.82, 2.24) is 20.1 Å². The lowest BCUT2D eigenvalue weighted by molar-refractivity contribution is 0.171. The van der Waals surface area contributed by atoms with Crippen LogP contribution in [-0.4, -0.2) is 65.5 Å². The molecule has 10 heteroatoms. The lowest BCUT2D eigenvalue weighted by Crippen LogP contribution is -2.50. The van der Waals surface area contributed by atoms with Crippen LogP contribution in [0.15, 0.2) is 48.7 Å². The molecule has 2 N–H and O–H groups in total. The van der Waals surface area contributed by atoms with E-state index in [0.29, 0.717) is 62.4 Å². The Labute approximate surface area is 191 Å². The highest BCUT2D eigenvalue weighted by molar-refractivity contribution is 5.90. The number of carbonyl (C=O) groups is 1. The third-order valence-electron chi connectivity index (χ3n) is 5.50. The number of amides is 2. The van der Waals surface area contributed by atoms with Crippen molar-refractivity contribution in [2.24, 2.45) is 0 Å². The number of fused-ring (bicyclic) bond motifs is 1. The Balaban J connectivity index is 1.13. The van der Waals surface area contributed by atoms with E-state index in [-0.39, 0.29) is 6.03 Å². The third kappa shape index (κ3) is 4.89. The summed E-state index contributed by atoms with van der Waals surface area (Å²) in [4.78, 5) is 20.9. The molecule has 1 aromatic carbocycles. The van der Waals surface area contributed by atoms with Gasteiger partial charge in [0.1, 0.15) is 19.0 Å². The van der Waals surface area contributed by atoms with Crippen molar-refractivity contribution in [2.45, 2.75) is 6.92 Å². The number of ether oxygens (including phenoxy) is 2. The van der Waals surface area contributed by atoms with Gasteiger partial charge in [-0.3, -0.25) is 0 Å². The maximum absolute atomic E-state index is 12.7. The molecule has 0 spiro atoms. The summed E-state index contributed by atoms with van der Waals surface area (Å²) in [6.07, 6.45) is 1.80. The average Bonchev–Trinajstić information content (AvgIpc) is 2.86. The first-order valence-corrected chi connectivity index (χ1v) is 10.9. The zero-order chi connectivity index (χ0) is 22.6. The van der Waals surface area contributed by atoms with Gasteiger partial charge in [0.05, 0.1) is 0 Å². The van der Waals surface area contributed by atoms with Crippen LogP contribution < -0.4 is 25.0 Å². The number of hydrogen-bond donors (Lipinski definition) is 2. The smallest absolute Gasteiger partial charge is 0.321 e. The lowest BCUT2D eigenvalue weighted by Gasteiger charge is -2.35. The van der Waals surface area contributed by atoms with Crippen molar-refractivity contribution >= 4 is 29.2 Å². The van der Waals surface area contributed by atoms with Crippen LogP contribution in [0.2, 0.25) is 0 Å². The summed E-state index contributed by atoms with van der Waals surface area (Å²) in [5.74, 6) is 3.49. The number of aromatic nitrogens is 3. The lowest BCUT2D eigenvalue weighted by atomic mass is 10.2. The van der Waals surface area contributed by atoms with Crippen molar-refractivity contribution in [2.75, 3.05) is 54.9 Å². The third-order valence-corrected chi connectivity index (χ3v) is 5.50. The molecule has 2 aliphatic heterocycles. The van der Waals surface area contributed by atoms with Crippen molar-refractivity contribution < 1.29 is 14.3 Å². The summed E-state index contributed by atoms with van der Waals surface area (Å²) >= 11 is 0. The first-order valence-electron chi connectivity index (χ1n) is 10.9. The number of urea groups is 1. The number of pyridine rings is 1. The van der Waals surface area contributed by atoms with E-state index in [2.05, 4.69) is 30.7 Å². The van der Waals surface area contributed by atoms with Gasteiger partial charge in [-0.05, 0) is 42.8 Å². The van der Waals surface area contributed by atoms with Crippen LogP contribution in [0.5, 0.6) is 11.5 Å². The number of hydrogen-bond acceptors (Lipinski definition) is 8. The molecule has 33 heavy (non-hydrogen) atoms. The molecule has 1 saturated heterocycles. The van der Waals surface area contributed by atoms with Crippen LogP contribution in [-0.2, 0) is 0 Å². The summed E-state index contributed by atoms with van der Waals surface area (Å²) in [6, 6.07) is 13.0. The molecule has 3 aromatic rings. The number of aryl methyl sites for hydroxylation is 1. The molecular weight excluding hydrogens is 422 g/mol. The molecule has 10 nitrogen and oxygen atoms in total. The van der Waals surface area contributed by atoms with Crippen LogP contribution in [0.3, 0.4) is 0 Å². The fraction of sp³-hybridized carbons (Fsp3) is 0.304. The van der Waals surface area contributed by atoms with Crippen LogP contribution in [0.25, 0.3) is 0 Å². The molecule has 1 fully saturated rings. The quantitative estimate of drug-likeness (QED) is 0.629. The monoisotopic (exact) mass is 447 g/mol. The van der Waals surface area contributed by atoms with Crippen molar-refractivity contribution in [3.63, 3.8) is 0 Å². The molecule has 0 saturated carbocycles. The van der Waals surface area contributed by atoms with Gasteiger partial charge in [-0.1, -0.05) is 6.07 Å². The average molecular weight is 447 g/mol. The molecule has 2 aliphatic rings. The maximum atomic E-state index is 12.7. The molecule has 0 bridgehead atoms. The van der Waals surface area contributed by atoms with Crippen LogP contribution in [0.1, 0.15) is 5.56 Å². The van der Waals surface area contributed by atoms with Gasteiger partial charge in [-0.25, -0.2) is 9.78 Å². The topological polar surface area (TPSA) is 105 Å². The minimum absolute atomic E-state index is 0.137. The van der Waals surface area contributed by atoms with Gasteiger partial charge in [0, 0.05) is 44.1 Å². The van der Waals surface area contributed by atoms with Crippen molar-refractivity contribution in [1.29, 1.82) is 0 Å². The summed E-state index contributed by atoms with van der Waals surface area (Å²) in [5.41, 5.74) is 1.78. The number of nitrogens with zero attached hydrogens (tertiary/aromatic N) is 5. The summed E-state index contributed by atoms with van der Waals surface area (Å²) in [7, 11) is 0. The van der Waals surface area contributed by atoms with Gasteiger partial charge < -0.3 is 29.9 Å². The highest BCUT2D eigenvalue weighted by atomic mass is 16.6. The predicted octanol–water partition coefficient (Wildman–Crippen LogP) is 3.05. The number of nitrogens with one attached hydrogen (secondary N) is 2. The Hall–Kier alpha value is -4.08. The molecule has 4 heterocycles. The normalized spacial score (nSPS) is 15.2. The van der Waals surface area contributed by atoms with Gasteiger partial charge in [-0.2, -0.15) is 0 Å². The fourth-order valence-corrected chi connectivity index (χ4v) is 3.70. The second-order valence-corrected chi connectivity index (χ2v) is 7.89. The zero-order valence-corrected chi connectivity index (χ0v) is 18.3. The summed E-state index contributed by atoms with van der Waals surface area (Å²) < 4.78 is 11.1. The molecule has 5 rings (SSSR count). The summed E-state index contributed by atoms with van der Waals surface area (Å²) in [6.45, 7) is 5.57. The van der Waals surface area contributed by atoms with E-state index in [1.54, 1.807) is 17.2 Å². The van der Waals surface area contributed by atoms with E-state index < -0.39 is 0 Å². The van der Waals surface area contributed by atoms with E-state index in [9.17, 15) is 4.79 Å². The van der Waals surface area contributed by atoms with Gasteiger partial charge in [0.25, 0.3) is 0 Å². The standard InChI is InChI=1S/C23H25N7O3/c1-16-2-5-20(24-15-16)26-21-6-7-22(28-27-21)29-8-10-30(11-9-29)23(31)25-17-3-4-18-19(14-17)33-13-12-32-18/h2-7,14-15H,8-13H2,1H3,(H,25,31)(H,24,26,27). The maximum Gasteiger partial charge on any atom is 0.321 e. The van der Waals surface area contributed by atoms with Crippen LogP contribution in [0, 0.1) is 6.92 Å². The Kier molecular flexibility index (Phi) is 5.79. The molecule has 2 amide bonds. The zero-order valence-electron chi connectivity index (χ0n) is 18.3. The van der Waals surface area contributed by atoms with Gasteiger partial charge in [0.2, 0.25) is 0 Å². The van der Waals surface area contributed by atoms with Crippen molar-refractivity contribution in [3.8, 4) is 11.5 Å². The van der Waals surface area contributed by atoms with Crippen molar-refractivity contribution in [3.05, 3.63) is 54.2 Å². The molecule has 0 unspecified atom stereocenters. The van der Waals surface area contributed by atoms with Gasteiger partial charge >= 0.3 is 6.03 Å². The Morgan fingerprint density at radius 1 is 0.909 bits per heavy atom. The van der Waals surface area contributed by atoms with Crippen LogP contribution >= 0.6 is 0 Å². The number of benzene rings is 1. The van der Waals surface area contributed by atoms with E-state index in [4.69, 9.17) is 9.47 Å². The van der Waals surface area contributed by atoms with Crippen LogP contribution in [0.4, 0.5) is 27.9 Å². The second kappa shape index (κ2) is 9.19. The van der Waals surface area contributed by atoms with Gasteiger partial charge in [0.15, 0.2) is 23.1 Å². The molecule has 0 radical (unpaired) electrons. The number of rotatable bonds is 4. The first kappa shape index (κ1) is 20.8. The minimum Gasteiger partial charge on any atom is -0.486 e. The number of anilines is 4. The SMILES string of the molecule is Cc1ccc(Nc2ccc(N3CCN(C(=O)Nc4ccc5c(c4)OCCO5)CC3)nn2)nc1. The Morgan fingerprint density at radius 2 is 1.70 bits per heavy atom.